The Balaban J connectivity index is 1.51. The Morgan fingerprint density at radius 1 is 0.844 bits per heavy atom. The van der Waals surface area contributed by atoms with Crippen molar-refractivity contribution in [2.45, 2.75) is 57.4 Å². The van der Waals surface area contributed by atoms with Gasteiger partial charge in [-0.3, -0.25) is 24.1 Å². The van der Waals surface area contributed by atoms with Gasteiger partial charge >= 0.3 is 0 Å². The van der Waals surface area contributed by atoms with E-state index in [0.29, 0.717) is 23.1 Å². The quantitative estimate of drug-likeness (QED) is 0.281. The Labute approximate surface area is 263 Å². The number of ketones is 2. The number of hydrogen-bond acceptors (Lipinski definition) is 5. The maximum absolute atomic E-state index is 15.0. The molecule has 45 heavy (non-hydrogen) atoms. The summed E-state index contributed by atoms with van der Waals surface area (Å²) in [5, 5.41) is 10.5. The maximum Gasteiger partial charge on any atom is 0.234 e. The highest BCUT2D eigenvalue weighted by molar-refractivity contribution is 6.31. The van der Waals surface area contributed by atoms with E-state index >= 15 is 0 Å². The summed E-state index contributed by atoms with van der Waals surface area (Å²) in [7, 11) is 0. The molecule has 3 aromatic carbocycles. The number of benzene rings is 3. The van der Waals surface area contributed by atoms with Crippen molar-refractivity contribution in [1.29, 1.82) is 0 Å². The summed E-state index contributed by atoms with van der Waals surface area (Å²) in [6, 6.07) is 24.2. The zero-order valence-corrected chi connectivity index (χ0v) is 26.0. The number of phenols is 1. The first kappa shape index (κ1) is 29.1. The van der Waals surface area contributed by atoms with Crippen molar-refractivity contribution >= 4 is 29.0 Å². The fraction of sp³-hybridized carbons (Fsp3) is 0.333. The van der Waals surface area contributed by atoms with Crippen LogP contribution in [-0.4, -0.2) is 38.9 Å². The lowest BCUT2D eigenvalue weighted by molar-refractivity contribution is -0.145. The highest BCUT2D eigenvalue weighted by Gasteiger charge is 2.66. The van der Waals surface area contributed by atoms with Crippen LogP contribution < -0.4 is 0 Å². The summed E-state index contributed by atoms with van der Waals surface area (Å²) in [5.74, 6) is -3.38. The Morgan fingerprint density at radius 3 is 2.16 bits per heavy atom. The van der Waals surface area contributed by atoms with E-state index < -0.39 is 40.5 Å². The highest BCUT2D eigenvalue weighted by Crippen LogP contribution is 2.64. The number of hydrogen-bond donors (Lipinski definition) is 1. The van der Waals surface area contributed by atoms with E-state index in [0.717, 1.165) is 16.7 Å². The smallest absolute Gasteiger partial charge is 0.234 e. The summed E-state index contributed by atoms with van der Waals surface area (Å²) < 4.78 is 0. The molecule has 1 saturated heterocycles. The van der Waals surface area contributed by atoms with Crippen molar-refractivity contribution in [3.8, 4) is 5.75 Å². The van der Waals surface area contributed by atoms with Crippen molar-refractivity contribution in [3.05, 3.63) is 119 Å². The van der Waals surface area contributed by atoms with Crippen LogP contribution in [0.2, 0.25) is 0 Å². The van der Waals surface area contributed by atoms with Gasteiger partial charge in [-0.15, -0.1) is 0 Å². The molecule has 4 aliphatic rings. The predicted octanol–water partition coefficient (Wildman–Crippen LogP) is 6.32. The van der Waals surface area contributed by atoms with E-state index in [1.54, 1.807) is 6.07 Å². The van der Waals surface area contributed by atoms with Gasteiger partial charge in [0, 0.05) is 22.9 Å². The third-order valence-electron chi connectivity index (χ3n) is 10.6. The summed E-state index contributed by atoms with van der Waals surface area (Å²) in [6.45, 7) is 7.44. The molecule has 1 aliphatic heterocycles. The van der Waals surface area contributed by atoms with Crippen LogP contribution in [0.5, 0.6) is 5.75 Å². The van der Waals surface area contributed by atoms with Gasteiger partial charge in [0.25, 0.3) is 0 Å². The molecule has 0 radical (unpaired) electrons. The largest absolute Gasteiger partial charge is 0.508 e. The first-order chi connectivity index (χ1) is 21.5. The molecule has 0 spiro atoms. The molecule has 2 amide bonds. The first-order valence-corrected chi connectivity index (χ1v) is 15.7. The number of phenolic OH excluding ortho intramolecular Hbond substituents is 1. The van der Waals surface area contributed by atoms with Crippen molar-refractivity contribution < 1.29 is 24.3 Å². The molecular formula is C39H37NO5. The molecule has 6 unspecified atom stereocenters. The molecule has 228 valence electrons. The topological polar surface area (TPSA) is 91.8 Å². The van der Waals surface area contributed by atoms with Crippen LogP contribution in [0.25, 0.3) is 5.57 Å². The van der Waals surface area contributed by atoms with Gasteiger partial charge in [-0.25, -0.2) is 0 Å². The molecule has 7 rings (SSSR count). The monoisotopic (exact) mass is 599 g/mol. The van der Waals surface area contributed by atoms with E-state index in [9.17, 15) is 24.3 Å². The first-order valence-electron chi connectivity index (χ1n) is 15.7. The van der Waals surface area contributed by atoms with Crippen LogP contribution in [0.3, 0.4) is 0 Å². The van der Waals surface area contributed by atoms with Gasteiger partial charge in [0.05, 0.1) is 17.3 Å². The SMILES string of the molecule is Cc1cc(C2C3=CCC4C(=O)N(C(C)(C)C)C(=O)C4C3CC3C(=O)C(c4ccccc4)=CC(=O)C32c2ccccc2)ccc1O. The van der Waals surface area contributed by atoms with Crippen LogP contribution in [0.1, 0.15) is 61.8 Å². The molecule has 6 atom stereocenters. The van der Waals surface area contributed by atoms with Crippen LogP contribution in [0.4, 0.5) is 0 Å². The van der Waals surface area contributed by atoms with Gasteiger partial charge in [0.1, 0.15) is 5.75 Å². The van der Waals surface area contributed by atoms with Crippen LogP contribution in [-0.2, 0) is 24.6 Å². The molecule has 1 heterocycles. The number of aryl methyl sites for hydroxylation is 1. The fourth-order valence-electron chi connectivity index (χ4n) is 8.77. The number of allylic oxidation sites excluding steroid dienone is 4. The molecule has 0 bridgehead atoms. The summed E-state index contributed by atoms with van der Waals surface area (Å²) in [4.78, 5) is 59.2. The third-order valence-corrected chi connectivity index (χ3v) is 10.6. The molecule has 6 nitrogen and oxygen atoms in total. The Kier molecular flexibility index (Phi) is 6.63. The molecule has 1 saturated carbocycles. The van der Waals surface area contributed by atoms with Crippen molar-refractivity contribution in [2.24, 2.45) is 23.7 Å². The number of fused-ring (bicyclic) bond motifs is 4. The molecule has 3 aromatic rings. The third kappa shape index (κ3) is 4.14. The molecule has 6 heteroatoms. The summed E-state index contributed by atoms with van der Waals surface area (Å²) >= 11 is 0. The van der Waals surface area contributed by atoms with E-state index in [-0.39, 0.29) is 35.6 Å². The zero-order chi connectivity index (χ0) is 31.8. The van der Waals surface area contributed by atoms with E-state index in [1.807, 2.05) is 100 Å². The Bertz CT molecular complexity index is 1810. The van der Waals surface area contributed by atoms with Crippen LogP contribution in [0.15, 0.2) is 96.6 Å². The lowest BCUT2D eigenvalue weighted by Gasteiger charge is -2.55. The highest BCUT2D eigenvalue weighted by atomic mass is 16.3. The Morgan fingerprint density at radius 2 is 1.51 bits per heavy atom. The Hall–Kier alpha value is -4.58. The fourth-order valence-corrected chi connectivity index (χ4v) is 8.77. The number of nitrogens with zero attached hydrogens (tertiary/aromatic N) is 1. The lowest BCUT2D eigenvalue weighted by Crippen LogP contribution is -2.59. The van der Waals surface area contributed by atoms with Gasteiger partial charge in [0.2, 0.25) is 11.8 Å². The number of likely N-dealkylation sites (tertiary alicyclic amines) is 1. The van der Waals surface area contributed by atoms with Crippen molar-refractivity contribution in [1.82, 2.24) is 4.90 Å². The number of rotatable bonds is 3. The van der Waals surface area contributed by atoms with Gasteiger partial charge in [0.15, 0.2) is 11.6 Å². The predicted molar refractivity (Wildman–Crippen MR) is 171 cm³/mol. The average molecular weight is 600 g/mol. The number of imide groups is 1. The van der Waals surface area contributed by atoms with E-state index in [4.69, 9.17) is 0 Å². The number of Topliss-reactive ketones (excluding diaryl/α,β-unsaturated/α-hetero) is 1. The standard InChI is InChI=1S/C39H37NO5/c1-22-19-24(15-18-31(22)41)34-26-16-17-27-33(37(45)40(36(27)44)38(2,3)4)29(26)20-30-35(43)28(23-11-7-5-8-12-23)21-32(42)39(30,34)25-13-9-6-10-14-25/h5-16,18-19,21,27,29-30,33-34,41H,17,20H2,1-4H3. The number of amides is 2. The number of aromatic hydroxyl groups is 1. The molecule has 0 aromatic heterocycles. The van der Waals surface area contributed by atoms with Gasteiger partial charge in [-0.1, -0.05) is 84.4 Å². The van der Waals surface area contributed by atoms with Gasteiger partial charge in [-0.2, -0.15) is 0 Å². The number of carbonyl (C=O) groups excluding carboxylic acids is 4. The number of carbonyl (C=O) groups is 4. The molecular weight excluding hydrogens is 562 g/mol. The minimum absolute atomic E-state index is 0.129. The van der Waals surface area contributed by atoms with Gasteiger partial charge in [-0.05, 0) is 80.9 Å². The minimum atomic E-state index is -1.27. The molecule has 3 aliphatic carbocycles. The second-order valence-electron chi connectivity index (χ2n) is 14.0. The summed E-state index contributed by atoms with van der Waals surface area (Å²) in [5.41, 5.74) is 2.24. The summed E-state index contributed by atoms with van der Waals surface area (Å²) in [6.07, 6.45) is 4.27. The van der Waals surface area contributed by atoms with E-state index in [2.05, 4.69) is 6.08 Å². The van der Waals surface area contributed by atoms with Crippen LogP contribution in [0, 0.1) is 30.6 Å². The minimum Gasteiger partial charge on any atom is -0.508 e. The lowest BCUT2D eigenvalue weighted by atomic mass is 9.44. The maximum atomic E-state index is 15.0. The average Bonchev–Trinajstić information content (AvgIpc) is 3.29. The van der Waals surface area contributed by atoms with E-state index in [1.165, 1.54) is 11.0 Å². The molecule has 2 fully saturated rings. The van der Waals surface area contributed by atoms with Crippen molar-refractivity contribution in [2.75, 3.05) is 0 Å². The van der Waals surface area contributed by atoms with Crippen LogP contribution >= 0.6 is 0 Å². The van der Waals surface area contributed by atoms with Gasteiger partial charge < -0.3 is 5.11 Å². The van der Waals surface area contributed by atoms with Crippen molar-refractivity contribution in [3.63, 3.8) is 0 Å². The normalized spacial score (nSPS) is 29.5. The zero-order valence-electron chi connectivity index (χ0n) is 26.0. The second-order valence-corrected chi connectivity index (χ2v) is 14.0. The molecule has 1 N–H and O–H groups in total. The second kappa shape index (κ2) is 10.2.